The van der Waals surface area contributed by atoms with E-state index in [-0.39, 0.29) is 5.82 Å². The Bertz CT molecular complexity index is 1290. The Labute approximate surface area is 165 Å². The standard InChI is InChI=1S/C23H16FN3S/c1-14-22(27-23(28-14)16-5-4-10-25-13-16)15-8-9-20-17(11-15)12-21(26-20)18-6-2-3-7-19(18)24/h2-13,26H,1H3. The molecule has 0 atom stereocenters. The average Bonchev–Trinajstić information content (AvgIpc) is 3.32. The molecule has 0 spiro atoms. The Morgan fingerprint density at radius 1 is 0.964 bits per heavy atom. The van der Waals surface area contributed by atoms with Crippen molar-refractivity contribution in [3.8, 4) is 33.1 Å². The highest BCUT2D eigenvalue weighted by Gasteiger charge is 2.13. The van der Waals surface area contributed by atoms with E-state index in [4.69, 9.17) is 4.98 Å². The molecule has 5 aromatic rings. The smallest absolute Gasteiger partial charge is 0.132 e. The molecule has 0 aliphatic heterocycles. The van der Waals surface area contributed by atoms with Crippen molar-refractivity contribution in [3.63, 3.8) is 0 Å². The van der Waals surface area contributed by atoms with Crippen LogP contribution >= 0.6 is 11.3 Å². The maximum absolute atomic E-state index is 14.1. The SMILES string of the molecule is Cc1sc(-c2cccnc2)nc1-c1ccc2[nH]c(-c3ccccc3F)cc2c1. The van der Waals surface area contributed by atoms with Gasteiger partial charge in [0.05, 0.1) is 5.69 Å². The molecule has 0 bridgehead atoms. The van der Waals surface area contributed by atoms with E-state index in [0.29, 0.717) is 5.56 Å². The van der Waals surface area contributed by atoms with Crippen LogP contribution in [0.2, 0.25) is 0 Å². The van der Waals surface area contributed by atoms with Crippen molar-refractivity contribution in [1.82, 2.24) is 15.0 Å². The number of halogens is 1. The number of aryl methyl sites for hydroxylation is 1. The van der Waals surface area contributed by atoms with Gasteiger partial charge in [0.15, 0.2) is 0 Å². The Hall–Kier alpha value is -3.31. The summed E-state index contributed by atoms with van der Waals surface area (Å²) >= 11 is 1.66. The molecule has 3 nitrogen and oxygen atoms in total. The Morgan fingerprint density at radius 3 is 2.68 bits per heavy atom. The first-order chi connectivity index (χ1) is 13.7. The Kier molecular flexibility index (Phi) is 4.02. The van der Waals surface area contributed by atoms with Gasteiger partial charge >= 0.3 is 0 Å². The predicted molar refractivity (Wildman–Crippen MR) is 113 cm³/mol. The van der Waals surface area contributed by atoms with E-state index in [2.05, 4.69) is 29.0 Å². The molecular weight excluding hydrogens is 369 g/mol. The third kappa shape index (κ3) is 2.90. The van der Waals surface area contributed by atoms with Crippen LogP contribution in [0.25, 0.3) is 44.0 Å². The number of thiazole rings is 1. The summed E-state index contributed by atoms with van der Waals surface area (Å²) in [7, 11) is 0. The molecule has 2 aromatic carbocycles. The van der Waals surface area contributed by atoms with Gasteiger partial charge in [0.2, 0.25) is 0 Å². The van der Waals surface area contributed by atoms with Crippen molar-refractivity contribution >= 4 is 22.2 Å². The van der Waals surface area contributed by atoms with E-state index in [0.717, 1.165) is 43.3 Å². The fourth-order valence-electron chi connectivity index (χ4n) is 3.38. The molecule has 0 aliphatic carbocycles. The number of aromatic nitrogens is 3. The summed E-state index contributed by atoms with van der Waals surface area (Å²) in [6.07, 6.45) is 3.59. The van der Waals surface area contributed by atoms with E-state index >= 15 is 0 Å². The van der Waals surface area contributed by atoms with Crippen molar-refractivity contribution in [2.45, 2.75) is 6.92 Å². The second-order valence-corrected chi connectivity index (χ2v) is 7.83. The van der Waals surface area contributed by atoms with Gasteiger partial charge < -0.3 is 4.98 Å². The van der Waals surface area contributed by atoms with Crippen LogP contribution in [0.3, 0.4) is 0 Å². The third-order valence-electron chi connectivity index (χ3n) is 4.76. The molecule has 5 rings (SSSR count). The van der Waals surface area contributed by atoms with Gasteiger partial charge in [0.1, 0.15) is 10.8 Å². The number of nitrogens with one attached hydrogen (secondary N) is 1. The van der Waals surface area contributed by atoms with Crippen LogP contribution in [-0.4, -0.2) is 15.0 Å². The molecule has 0 aliphatic rings. The van der Waals surface area contributed by atoms with Crippen molar-refractivity contribution in [2.75, 3.05) is 0 Å². The summed E-state index contributed by atoms with van der Waals surface area (Å²) in [5.41, 5.74) is 5.36. The Morgan fingerprint density at radius 2 is 1.86 bits per heavy atom. The highest BCUT2D eigenvalue weighted by atomic mass is 32.1. The van der Waals surface area contributed by atoms with Crippen LogP contribution in [0.15, 0.2) is 73.1 Å². The van der Waals surface area contributed by atoms with Gasteiger partial charge in [-0.1, -0.05) is 18.2 Å². The summed E-state index contributed by atoms with van der Waals surface area (Å²) in [5, 5.41) is 1.99. The second kappa shape index (κ2) is 6.69. The minimum absolute atomic E-state index is 0.231. The molecule has 0 fully saturated rings. The lowest BCUT2D eigenvalue weighted by atomic mass is 10.1. The van der Waals surface area contributed by atoms with Crippen molar-refractivity contribution in [1.29, 1.82) is 0 Å². The zero-order valence-electron chi connectivity index (χ0n) is 15.1. The lowest BCUT2D eigenvalue weighted by molar-refractivity contribution is 0.631. The van der Waals surface area contributed by atoms with Crippen molar-refractivity contribution in [3.05, 3.63) is 83.8 Å². The van der Waals surface area contributed by atoms with Crippen LogP contribution in [0.5, 0.6) is 0 Å². The number of pyridine rings is 1. The maximum Gasteiger partial charge on any atom is 0.132 e. The number of rotatable bonds is 3. The molecule has 0 unspecified atom stereocenters. The van der Waals surface area contributed by atoms with Crippen molar-refractivity contribution in [2.24, 2.45) is 0 Å². The lowest BCUT2D eigenvalue weighted by Crippen LogP contribution is -1.82. The van der Waals surface area contributed by atoms with Gasteiger partial charge in [-0.3, -0.25) is 4.98 Å². The van der Waals surface area contributed by atoms with Gasteiger partial charge in [-0.25, -0.2) is 9.37 Å². The monoisotopic (exact) mass is 385 g/mol. The summed E-state index contributed by atoms with van der Waals surface area (Å²) in [4.78, 5) is 13.5. The lowest BCUT2D eigenvalue weighted by Gasteiger charge is -1.99. The average molecular weight is 385 g/mol. The van der Waals surface area contributed by atoms with Crippen LogP contribution in [0.4, 0.5) is 4.39 Å². The highest BCUT2D eigenvalue weighted by Crippen LogP contribution is 2.35. The van der Waals surface area contributed by atoms with E-state index in [9.17, 15) is 4.39 Å². The summed E-state index contributed by atoms with van der Waals surface area (Å²) < 4.78 is 14.1. The minimum Gasteiger partial charge on any atom is -0.354 e. The van der Waals surface area contributed by atoms with E-state index < -0.39 is 0 Å². The van der Waals surface area contributed by atoms with Gasteiger partial charge in [-0.2, -0.15) is 0 Å². The molecule has 0 radical (unpaired) electrons. The molecule has 0 amide bonds. The number of hydrogen-bond acceptors (Lipinski definition) is 3. The first-order valence-electron chi connectivity index (χ1n) is 8.95. The zero-order valence-corrected chi connectivity index (χ0v) is 15.9. The van der Waals surface area contributed by atoms with Gasteiger partial charge in [0.25, 0.3) is 0 Å². The molecule has 0 saturated heterocycles. The molecular formula is C23H16FN3S. The van der Waals surface area contributed by atoms with Gasteiger partial charge in [0, 0.05) is 50.6 Å². The molecule has 1 N–H and O–H groups in total. The largest absolute Gasteiger partial charge is 0.354 e. The van der Waals surface area contributed by atoms with Gasteiger partial charge in [-0.05, 0) is 49.4 Å². The number of benzene rings is 2. The summed E-state index contributed by atoms with van der Waals surface area (Å²) in [6.45, 7) is 2.08. The van der Waals surface area contributed by atoms with E-state index in [1.165, 1.54) is 6.07 Å². The minimum atomic E-state index is -0.231. The molecule has 5 heteroatoms. The first kappa shape index (κ1) is 16.8. The summed E-state index contributed by atoms with van der Waals surface area (Å²) in [5.74, 6) is -0.231. The number of hydrogen-bond donors (Lipinski definition) is 1. The van der Waals surface area contributed by atoms with Crippen molar-refractivity contribution < 1.29 is 4.39 Å². The highest BCUT2D eigenvalue weighted by molar-refractivity contribution is 7.15. The third-order valence-corrected chi connectivity index (χ3v) is 5.78. The van der Waals surface area contributed by atoms with Gasteiger partial charge in [-0.15, -0.1) is 11.3 Å². The number of fused-ring (bicyclic) bond motifs is 1. The number of nitrogens with zero attached hydrogens (tertiary/aromatic N) is 2. The molecule has 3 heterocycles. The second-order valence-electron chi connectivity index (χ2n) is 6.63. The summed E-state index contributed by atoms with van der Waals surface area (Å²) in [6, 6.07) is 18.9. The van der Waals surface area contributed by atoms with E-state index in [1.54, 1.807) is 29.7 Å². The predicted octanol–water partition coefficient (Wildman–Crippen LogP) is 6.47. The van der Waals surface area contributed by atoms with Crippen LogP contribution in [-0.2, 0) is 0 Å². The fourth-order valence-corrected chi connectivity index (χ4v) is 4.31. The maximum atomic E-state index is 14.1. The first-order valence-corrected chi connectivity index (χ1v) is 9.76. The molecule has 136 valence electrons. The normalized spacial score (nSPS) is 11.2. The van der Waals surface area contributed by atoms with Crippen LogP contribution in [0, 0.1) is 12.7 Å². The Balaban J connectivity index is 1.57. The molecule has 0 saturated carbocycles. The molecule has 28 heavy (non-hydrogen) atoms. The molecule has 3 aromatic heterocycles. The van der Waals surface area contributed by atoms with Crippen LogP contribution < -0.4 is 0 Å². The fraction of sp³-hybridized carbons (Fsp3) is 0.0435. The zero-order chi connectivity index (χ0) is 19.1. The topological polar surface area (TPSA) is 41.6 Å². The quantitative estimate of drug-likeness (QED) is 0.387. The number of aromatic amines is 1. The van der Waals surface area contributed by atoms with Crippen LogP contribution in [0.1, 0.15) is 4.88 Å². The number of H-pyrrole nitrogens is 1. The van der Waals surface area contributed by atoms with E-state index in [1.807, 2.05) is 36.5 Å².